The van der Waals surface area contributed by atoms with Gasteiger partial charge in [-0.15, -0.1) is 0 Å². The van der Waals surface area contributed by atoms with Gasteiger partial charge in [0.15, 0.2) is 0 Å². The summed E-state index contributed by atoms with van der Waals surface area (Å²) in [6.45, 7) is 2.30. The Morgan fingerprint density at radius 2 is 1.93 bits per heavy atom. The van der Waals surface area contributed by atoms with E-state index in [-0.39, 0.29) is 12.2 Å². The van der Waals surface area contributed by atoms with E-state index in [0.717, 1.165) is 0 Å². The Labute approximate surface area is 87.9 Å². The van der Waals surface area contributed by atoms with Crippen LogP contribution in [-0.2, 0) is 0 Å². The van der Waals surface area contributed by atoms with E-state index in [1.807, 2.05) is 0 Å². The topological polar surface area (TPSA) is 32.3 Å². The van der Waals surface area contributed by atoms with Gasteiger partial charge in [-0.05, 0) is 32.0 Å². The molecule has 0 spiro atoms. The zero-order valence-corrected chi connectivity index (χ0v) is 8.63. The average Bonchev–Trinajstić information content (AvgIpc) is 2.18. The molecule has 0 aromatic heterocycles. The SMILES string of the molecule is CC(NCCCO)c1c(F)cccc1F. The van der Waals surface area contributed by atoms with Gasteiger partial charge in [0.2, 0.25) is 0 Å². The van der Waals surface area contributed by atoms with Gasteiger partial charge in [-0.3, -0.25) is 0 Å². The van der Waals surface area contributed by atoms with Crippen LogP contribution in [0.15, 0.2) is 18.2 Å². The molecule has 0 aliphatic carbocycles. The van der Waals surface area contributed by atoms with Crippen molar-refractivity contribution in [1.82, 2.24) is 5.32 Å². The molecule has 1 atom stereocenters. The molecule has 0 aliphatic heterocycles. The van der Waals surface area contributed by atoms with Crippen LogP contribution in [-0.4, -0.2) is 18.3 Å². The van der Waals surface area contributed by atoms with Crippen LogP contribution < -0.4 is 5.32 Å². The number of rotatable bonds is 5. The molecule has 1 rings (SSSR count). The van der Waals surface area contributed by atoms with Crippen LogP contribution in [0.2, 0.25) is 0 Å². The van der Waals surface area contributed by atoms with Gasteiger partial charge in [-0.1, -0.05) is 6.07 Å². The largest absolute Gasteiger partial charge is 0.396 e. The Morgan fingerprint density at radius 1 is 1.33 bits per heavy atom. The van der Waals surface area contributed by atoms with Crippen LogP contribution in [0.1, 0.15) is 24.9 Å². The number of benzene rings is 1. The summed E-state index contributed by atoms with van der Waals surface area (Å²) >= 11 is 0. The third-order valence-electron chi connectivity index (χ3n) is 2.22. The fraction of sp³-hybridized carbons (Fsp3) is 0.455. The molecule has 0 aliphatic rings. The Balaban J connectivity index is 2.68. The van der Waals surface area contributed by atoms with Gasteiger partial charge in [-0.2, -0.15) is 0 Å². The summed E-state index contributed by atoms with van der Waals surface area (Å²) in [5, 5.41) is 11.5. The zero-order chi connectivity index (χ0) is 11.3. The van der Waals surface area contributed by atoms with Crippen molar-refractivity contribution in [1.29, 1.82) is 0 Å². The number of aliphatic hydroxyl groups excluding tert-OH is 1. The Morgan fingerprint density at radius 3 is 2.47 bits per heavy atom. The molecular formula is C11H15F2NO. The number of nitrogens with one attached hydrogen (secondary N) is 1. The van der Waals surface area contributed by atoms with E-state index in [4.69, 9.17) is 5.11 Å². The lowest BCUT2D eigenvalue weighted by molar-refractivity contribution is 0.283. The summed E-state index contributed by atoms with van der Waals surface area (Å²) in [4.78, 5) is 0. The van der Waals surface area contributed by atoms with Crippen LogP contribution in [0.5, 0.6) is 0 Å². The molecule has 1 aromatic rings. The van der Waals surface area contributed by atoms with Crippen molar-refractivity contribution in [3.05, 3.63) is 35.4 Å². The van der Waals surface area contributed by atoms with Crippen molar-refractivity contribution in [2.24, 2.45) is 0 Å². The highest BCUT2D eigenvalue weighted by molar-refractivity contribution is 5.22. The lowest BCUT2D eigenvalue weighted by Gasteiger charge is -2.15. The minimum atomic E-state index is -0.543. The van der Waals surface area contributed by atoms with Crippen molar-refractivity contribution in [3.63, 3.8) is 0 Å². The van der Waals surface area contributed by atoms with E-state index in [1.165, 1.54) is 18.2 Å². The summed E-state index contributed by atoms with van der Waals surface area (Å²) in [5.41, 5.74) is 0.0513. The lowest BCUT2D eigenvalue weighted by Crippen LogP contribution is -2.22. The highest BCUT2D eigenvalue weighted by atomic mass is 19.1. The summed E-state index contributed by atoms with van der Waals surface area (Å²) < 4.78 is 26.6. The molecule has 2 N–H and O–H groups in total. The zero-order valence-electron chi connectivity index (χ0n) is 8.63. The second kappa shape index (κ2) is 5.78. The van der Waals surface area contributed by atoms with Gasteiger partial charge in [0.25, 0.3) is 0 Å². The molecule has 0 bridgehead atoms. The molecule has 0 radical (unpaired) electrons. The third kappa shape index (κ3) is 3.25. The van der Waals surface area contributed by atoms with Gasteiger partial charge in [0, 0.05) is 18.2 Å². The first-order chi connectivity index (χ1) is 7.16. The Bertz CT molecular complexity index is 297. The number of halogens is 2. The van der Waals surface area contributed by atoms with Crippen LogP contribution in [0.3, 0.4) is 0 Å². The summed E-state index contributed by atoms with van der Waals surface area (Å²) in [6, 6.07) is 3.43. The smallest absolute Gasteiger partial charge is 0.130 e. The van der Waals surface area contributed by atoms with Gasteiger partial charge in [0.05, 0.1) is 0 Å². The molecule has 1 aromatic carbocycles. The molecule has 0 amide bonds. The predicted molar refractivity (Wildman–Crippen MR) is 54.5 cm³/mol. The summed E-state index contributed by atoms with van der Waals surface area (Å²) in [7, 11) is 0. The molecule has 15 heavy (non-hydrogen) atoms. The second-order valence-electron chi connectivity index (χ2n) is 3.39. The maximum Gasteiger partial charge on any atom is 0.130 e. The van der Waals surface area contributed by atoms with Gasteiger partial charge in [-0.25, -0.2) is 8.78 Å². The first-order valence-corrected chi connectivity index (χ1v) is 4.95. The van der Waals surface area contributed by atoms with E-state index >= 15 is 0 Å². The van der Waals surface area contributed by atoms with Crippen LogP contribution in [0.25, 0.3) is 0 Å². The van der Waals surface area contributed by atoms with Crippen molar-refractivity contribution in [2.45, 2.75) is 19.4 Å². The van der Waals surface area contributed by atoms with Crippen molar-refractivity contribution < 1.29 is 13.9 Å². The van der Waals surface area contributed by atoms with E-state index in [1.54, 1.807) is 6.92 Å². The van der Waals surface area contributed by atoms with Crippen LogP contribution in [0, 0.1) is 11.6 Å². The maximum atomic E-state index is 13.3. The number of aliphatic hydroxyl groups is 1. The maximum absolute atomic E-state index is 13.3. The quantitative estimate of drug-likeness (QED) is 0.736. The molecule has 0 saturated heterocycles. The van der Waals surface area contributed by atoms with Crippen molar-refractivity contribution in [3.8, 4) is 0 Å². The molecule has 0 fully saturated rings. The second-order valence-corrected chi connectivity index (χ2v) is 3.39. The van der Waals surface area contributed by atoms with E-state index in [9.17, 15) is 8.78 Å². The molecule has 0 heterocycles. The van der Waals surface area contributed by atoms with E-state index < -0.39 is 17.7 Å². The summed E-state index contributed by atoms with van der Waals surface area (Å²) in [6.07, 6.45) is 0.570. The average molecular weight is 215 g/mol. The monoisotopic (exact) mass is 215 g/mol. The number of hydrogen-bond donors (Lipinski definition) is 2. The first-order valence-electron chi connectivity index (χ1n) is 4.95. The molecule has 2 nitrogen and oxygen atoms in total. The Hall–Kier alpha value is -1.00. The fourth-order valence-electron chi connectivity index (χ4n) is 1.42. The molecule has 1 unspecified atom stereocenters. The van der Waals surface area contributed by atoms with Crippen LogP contribution in [0.4, 0.5) is 8.78 Å². The molecular weight excluding hydrogens is 200 g/mol. The third-order valence-corrected chi connectivity index (χ3v) is 2.22. The van der Waals surface area contributed by atoms with Gasteiger partial charge < -0.3 is 10.4 Å². The van der Waals surface area contributed by atoms with Crippen LogP contribution >= 0.6 is 0 Å². The minimum Gasteiger partial charge on any atom is -0.396 e. The summed E-state index contributed by atoms with van der Waals surface area (Å²) in [5.74, 6) is -1.09. The van der Waals surface area contributed by atoms with Crippen molar-refractivity contribution in [2.75, 3.05) is 13.2 Å². The first kappa shape index (κ1) is 12.1. The molecule has 84 valence electrons. The van der Waals surface area contributed by atoms with Gasteiger partial charge in [0.1, 0.15) is 11.6 Å². The normalized spacial score (nSPS) is 12.8. The highest BCUT2D eigenvalue weighted by Gasteiger charge is 2.14. The minimum absolute atomic E-state index is 0.0513. The van der Waals surface area contributed by atoms with E-state index in [0.29, 0.717) is 13.0 Å². The molecule has 4 heteroatoms. The standard InChI is InChI=1S/C11H15F2NO/c1-8(14-6-3-7-15)11-9(12)4-2-5-10(11)13/h2,4-5,8,14-15H,3,6-7H2,1H3. The Kier molecular flexibility index (Phi) is 4.65. The predicted octanol–water partition coefficient (Wildman–Crippen LogP) is 2.00. The van der Waals surface area contributed by atoms with Crippen molar-refractivity contribution >= 4 is 0 Å². The fourth-order valence-corrected chi connectivity index (χ4v) is 1.42. The number of hydrogen-bond acceptors (Lipinski definition) is 2. The van der Waals surface area contributed by atoms with Gasteiger partial charge >= 0.3 is 0 Å². The van der Waals surface area contributed by atoms with E-state index in [2.05, 4.69) is 5.32 Å². The highest BCUT2D eigenvalue weighted by Crippen LogP contribution is 2.19. The molecule has 0 saturated carbocycles. The lowest BCUT2D eigenvalue weighted by atomic mass is 10.1.